The van der Waals surface area contributed by atoms with Gasteiger partial charge in [-0.05, 0) is 25.8 Å². The van der Waals surface area contributed by atoms with Crippen LogP contribution in [-0.2, 0) is 10.2 Å². The maximum atomic E-state index is 11.4. The summed E-state index contributed by atoms with van der Waals surface area (Å²) >= 11 is 0. The van der Waals surface area contributed by atoms with Crippen LogP contribution in [0.3, 0.4) is 0 Å². The molecule has 1 aliphatic heterocycles. The third-order valence-corrected chi connectivity index (χ3v) is 6.50. The van der Waals surface area contributed by atoms with Gasteiger partial charge in [-0.25, -0.2) is 20.0 Å². The maximum Gasteiger partial charge on any atom is 0.276 e. The Morgan fingerprint density at radius 1 is 1.40 bits per heavy atom. The van der Waals surface area contributed by atoms with Gasteiger partial charge in [0.25, 0.3) is 10.2 Å². The van der Waals surface area contributed by atoms with E-state index in [-0.39, 0.29) is 11.5 Å². The Labute approximate surface area is 146 Å². The minimum Gasteiger partial charge on any atom is -0.341 e. The number of hydrogen-bond donors (Lipinski definition) is 1. The quantitative estimate of drug-likeness (QED) is 0.811. The molecule has 1 saturated carbocycles. The molecule has 2 aromatic rings. The Morgan fingerprint density at radius 2 is 2.08 bits per heavy atom. The summed E-state index contributed by atoms with van der Waals surface area (Å²) in [6.07, 6.45) is 3.10. The lowest BCUT2D eigenvalue weighted by Crippen LogP contribution is -2.67. The number of fused-ring (bicyclic) bond motifs is 1. The summed E-state index contributed by atoms with van der Waals surface area (Å²) in [6.45, 7) is 10.8. The van der Waals surface area contributed by atoms with E-state index >= 15 is 0 Å². The fraction of sp³-hybridized carbons (Fsp3) is 0.533. The largest absolute Gasteiger partial charge is 0.341 e. The molecule has 132 valence electrons. The molecule has 0 atom stereocenters. The van der Waals surface area contributed by atoms with E-state index in [1.54, 1.807) is 0 Å². The highest BCUT2D eigenvalue weighted by atomic mass is 32.2. The van der Waals surface area contributed by atoms with Gasteiger partial charge in [0.2, 0.25) is 11.6 Å². The molecule has 2 fully saturated rings. The molecule has 1 aliphatic carbocycles. The predicted octanol–water partition coefficient (Wildman–Crippen LogP) is 0.693. The van der Waals surface area contributed by atoms with Gasteiger partial charge in [0, 0.05) is 37.3 Å². The van der Waals surface area contributed by atoms with Gasteiger partial charge in [0.05, 0.1) is 6.57 Å². The lowest BCUT2D eigenvalue weighted by molar-refractivity contribution is 0.0199. The minimum atomic E-state index is -3.63. The number of nitrogens with zero attached hydrogens (tertiary/aromatic N) is 6. The van der Waals surface area contributed by atoms with E-state index in [1.807, 2.05) is 17.4 Å². The van der Waals surface area contributed by atoms with Crippen molar-refractivity contribution in [3.05, 3.63) is 29.5 Å². The van der Waals surface area contributed by atoms with Gasteiger partial charge in [0.1, 0.15) is 12.0 Å². The number of aromatic nitrogens is 3. The van der Waals surface area contributed by atoms with Crippen LogP contribution in [-0.4, -0.2) is 53.3 Å². The van der Waals surface area contributed by atoms with Crippen LogP contribution in [0.4, 0.5) is 11.6 Å². The molecule has 0 radical (unpaired) electrons. The van der Waals surface area contributed by atoms with Gasteiger partial charge < -0.3 is 4.90 Å². The van der Waals surface area contributed by atoms with Crippen LogP contribution in [0.25, 0.3) is 10.5 Å². The highest BCUT2D eigenvalue weighted by molar-refractivity contribution is 7.86. The molecule has 0 bridgehead atoms. The molecule has 3 heterocycles. The molecule has 9 nitrogen and oxygen atoms in total. The molecule has 0 amide bonds. The predicted molar refractivity (Wildman–Crippen MR) is 92.5 cm³/mol. The fourth-order valence-corrected chi connectivity index (χ4v) is 4.62. The third kappa shape index (κ3) is 2.38. The Balaban J connectivity index is 1.52. The molecule has 4 rings (SSSR count). The van der Waals surface area contributed by atoms with Crippen molar-refractivity contribution in [2.45, 2.75) is 25.8 Å². The normalized spacial score (nSPS) is 19.9. The molecule has 2 N–H and O–H groups in total. The number of aryl methyl sites for hydroxylation is 1. The first-order valence-corrected chi connectivity index (χ1v) is 9.46. The van der Waals surface area contributed by atoms with E-state index in [0.29, 0.717) is 11.3 Å². The Kier molecular flexibility index (Phi) is 3.34. The van der Waals surface area contributed by atoms with Gasteiger partial charge in [-0.1, -0.05) is 0 Å². The van der Waals surface area contributed by atoms with E-state index in [0.717, 1.165) is 37.6 Å². The van der Waals surface area contributed by atoms with Crippen molar-refractivity contribution in [3.8, 4) is 0 Å². The summed E-state index contributed by atoms with van der Waals surface area (Å²) in [5.41, 5.74) is 2.21. The third-order valence-electron chi connectivity index (χ3n) is 5.40. The second-order valence-corrected chi connectivity index (χ2v) is 8.70. The average Bonchev–Trinajstić information content (AvgIpc) is 2.80. The van der Waals surface area contributed by atoms with E-state index in [1.165, 1.54) is 17.7 Å². The Morgan fingerprint density at radius 3 is 2.68 bits per heavy atom. The van der Waals surface area contributed by atoms with Crippen LogP contribution in [0.5, 0.6) is 0 Å². The zero-order valence-corrected chi connectivity index (χ0v) is 14.9. The van der Waals surface area contributed by atoms with E-state index in [2.05, 4.69) is 19.7 Å². The lowest BCUT2D eigenvalue weighted by atomic mass is 9.61. The van der Waals surface area contributed by atoms with Crippen molar-refractivity contribution in [3.63, 3.8) is 0 Å². The van der Waals surface area contributed by atoms with Crippen molar-refractivity contribution < 1.29 is 8.42 Å². The van der Waals surface area contributed by atoms with Crippen molar-refractivity contribution in [1.29, 1.82) is 0 Å². The second kappa shape index (κ2) is 5.14. The Hall–Kier alpha value is -2.22. The smallest absolute Gasteiger partial charge is 0.276 e. The van der Waals surface area contributed by atoms with Gasteiger partial charge in [0.15, 0.2) is 0 Å². The first kappa shape index (κ1) is 16.3. The molecular weight excluding hydrogens is 342 g/mol. The second-order valence-electron chi connectivity index (χ2n) is 7.09. The van der Waals surface area contributed by atoms with E-state index in [4.69, 9.17) is 11.7 Å². The summed E-state index contributed by atoms with van der Waals surface area (Å²) < 4.78 is 26.0. The first-order valence-electron chi connectivity index (χ1n) is 7.95. The first-order chi connectivity index (χ1) is 11.7. The zero-order chi connectivity index (χ0) is 18.0. The molecule has 0 aromatic carbocycles. The van der Waals surface area contributed by atoms with E-state index < -0.39 is 10.2 Å². The summed E-state index contributed by atoms with van der Waals surface area (Å²) in [7, 11) is -2.10. The molecule has 1 spiro atoms. The molecular formula is C15H19N7O2S. The van der Waals surface area contributed by atoms with Crippen LogP contribution < -0.4 is 10.0 Å². The monoisotopic (exact) mass is 361 g/mol. The van der Waals surface area contributed by atoms with Gasteiger partial charge in [-0.2, -0.15) is 12.7 Å². The summed E-state index contributed by atoms with van der Waals surface area (Å²) in [5.74, 6) is 0.784. The van der Waals surface area contributed by atoms with Crippen LogP contribution >= 0.6 is 0 Å². The van der Waals surface area contributed by atoms with Crippen LogP contribution in [0, 0.1) is 18.9 Å². The van der Waals surface area contributed by atoms with Crippen LogP contribution in [0.15, 0.2) is 12.4 Å². The molecule has 1 saturated heterocycles. The van der Waals surface area contributed by atoms with Gasteiger partial charge in [-0.15, -0.1) is 0 Å². The van der Waals surface area contributed by atoms with Crippen molar-refractivity contribution in [2.75, 3.05) is 25.0 Å². The lowest BCUT2D eigenvalue weighted by Gasteiger charge is -2.60. The SMILES string of the molecule is [C-]#[N+]c1cc(C)n2c(N3CC4(CC(N(C)S(N)(=O)=O)C4)C3)ncnc12. The van der Waals surface area contributed by atoms with Crippen LogP contribution in [0.1, 0.15) is 18.5 Å². The highest BCUT2D eigenvalue weighted by Crippen LogP contribution is 2.51. The van der Waals surface area contributed by atoms with Crippen molar-refractivity contribution in [1.82, 2.24) is 18.7 Å². The Bertz CT molecular complexity index is 993. The zero-order valence-electron chi connectivity index (χ0n) is 14.0. The van der Waals surface area contributed by atoms with Crippen molar-refractivity contribution in [2.24, 2.45) is 10.6 Å². The highest BCUT2D eigenvalue weighted by Gasteiger charge is 2.55. The minimum absolute atomic E-state index is 0.0235. The van der Waals surface area contributed by atoms with Gasteiger partial charge >= 0.3 is 0 Å². The average molecular weight is 361 g/mol. The molecule has 2 aromatic heterocycles. The van der Waals surface area contributed by atoms with Crippen molar-refractivity contribution >= 4 is 27.5 Å². The van der Waals surface area contributed by atoms with Crippen LogP contribution in [0.2, 0.25) is 0 Å². The number of anilines is 1. The molecule has 25 heavy (non-hydrogen) atoms. The summed E-state index contributed by atoms with van der Waals surface area (Å²) in [5, 5.41) is 5.19. The van der Waals surface area contributed by atoms with Gasteiger partial charge in [-0.3, -0.25) is 4.40 Å². The molecule has 0 unspecified atom stereocenters. The summed E-state index contributed by atoms with van der Waals surface area (Å²) in [6, 6.07) is 1.79. The number of hydrogen-bond acceptors (Lipinski definition) is 5. The number of nitrogens with two attached hydrogens (primary N) is 1. The standard InChI is InChI=1S/C15H19N7O2S/c1-10-4-12(17-2)13-18-9-19-14(22(10)13)21-7-15(8-21)5-11(6-15)20(3)25(16,23)24/h4,9,11H,5-8H2,1,3H3,(H2,16,23,24). The fourth-order valence-electron chi connectivity index (χ4n) is 4.05. The topological polar surface area (TPSA) is 101 Å². The molecule has 10 heteroatoms. The number of rotatable bonds is 3. The van der Waals surface area contributed by atoms with E-state index in [9.17, 15) is 8.42 Å². The summed E-state index contributed by atoms with van der Waals surface area (Å²) in [4.78, 5) is 14.3. The maximum absolute atomic E-state index is 11.4. The molecule has 2 aliphatic rings.